The Morgan fingerprint density at radius 3 is 1.33 bits per heavy atom. The number of carboxylic acid groups (broad SMARTS) is 1. The third-order valence-corrected chi connectivity index (χ3v) is 2.20. The van der Waals surface area contributed by atoms with E-state index in [2.05, 4.69) is 47.8 Å². The van der Waals surface area contributed by atoms with Crippen LogP contribution >= 0.6 is 47.8 Å². The van der Waals surface area contributed by atoms with Gasteiger partial charge >= 0.3 is 0 Å². The van der Waals surface area contributed by atoms with Crippen molar-refractivity contribution in [3.05, 3.63) is 31.6 Å². The Hall–Kier alpha value is 0.130. The van der Waals surface area contributed by atoms with E-state index in [1.807, 2.05) is 18.2 Å². The van der Waals surface area contributed by atoms with Gasteiger partial charge in [0.1, 0.15) is 0 Å². The van der Waals surface area contributed by atoms with Crippen LogP contribution < -0.4 is 0 Å². The molecule has 0 aliphatic rings. The molecule has 66 valence electrons. The predicted molar refractivity (Wildman–Crippen MR) is 58.2 cm³/mol. The second kappa shape index (κ2) is 6.62. The molecule has 0 heterocycles. The van der Waals surface area contributed by atoms with Gasteiger partial charge in [-0.1, -0.05) is 47.8 Å². The van der Waals surface area contributed by atoms with Gasteiger partial charge in [-0.15, -0.1) is 0 Å². The molecule has 0 aliphatic heterocycles. The van der Waals surface area contributed by atoms with Crippen LogP contribution in [0, 0.1) is 0 Å². The summed E-state index contributed by atoms with van der Waals surface area (Å²) in [4.78, 5) is 8.36. The Morgan fingerprint density at radius 2 is 1.17 bits per heavy atom. The SMILES string of the molecule is Brc1cc(Br)cc(Br)c1.O=CO. The molecule has 1 aromatic rings. The summed E-state index contributed by atoms with van der Waals surface area (Å²) in [6, 6.07) is 5.97. The fraction of sp³-hybridized carbons (Fsp3) is 0. The van der Waals surface area contributed by atoms with Crippen molar-refractivity contribution in [1.82, 2.24) is 0 Å². The molecule has 0 bridgehead atoms. The summed E-state index contributed by atoms with van der Waals surface area (Å²) in [5.41, 5.74) is 0. The quantitative estimate of drug-likeness (QED) is 0.717. The summed E-state index contributed by atoms with van der Waals surface area (Å²) in [7, 11) is 0. The lowest BCUT2D eigenvalue weighted by Crippen LogP contribution is -1.66. The van der Waals surface area contributed by atoms with E-state index in [1.165, 1.54) is 0 Å². The summed E-state index contributed by atoms with van der Waals surface area (Å²) in [5, 5.41) is 6.89. The Kier molecular flexibility index (Phi) is 6.70. The second-order valence-corrected chi connectivity index (χ2v) is 4.44. The minimum atomic E-state index is -0.250. The normalized spacial score (nSPS) is 8.25. The molecule has 5 heteroatoms. The average molecular weight is 361 g/mol. The van der Waals surface area contributed by atoms with Gasteiger partial charge in [-0.2, -0.15) is 0 Å². The maximum atomic E-state index is 8.36. The zero-order valence-corrected chi connectivity index (χ0v) is 10.6. The standard InChI is InChI=1S/C6H3Br3.CH2O2/c7-4-1-5(8)3-6(9)2-4;2-1-3/h1-3H;1H,(H,2,3). The zero-order chi connectivity index (χ0) is 9.56. The molecule has 0 unspecified atom stereocenters. The van der Waals surface area contributed by atoms with Crippen LogP contribution in [0.4, 0.5) is 0 Å². The number of hydrogen-bond donors (Lipinski definition) is 1. The van der Waals surface area contributed by atoms with Crippen molar-refractivity contribution < 1.29 is 9.90 Å². The number of carbonyl (C=O) groups is 1. The van der Waals surface area contributed by atoms with Crippen LogP contribution in [0.5, 0.6) is 0 Å². The zero-order valence-electron chi connectivity index (χ0n) is 5.80. The van der Waals surface area contributed by atoms with Crippen molar-refractivity contribution in [2.75, 3.05) is 0 Å². The maximum Gasteiger partial charge on any atom is 0.290 e. The maximum absolute atomic E-state index is 8.36. The molecule has 0 spiro atoms. The van der Waals surface area contributed by atoms with E-state index >= 15 is 0 Å². The van der Waals surface area contributed by atoms with Gasteiger partial charge in [-0.3, -0.25) is 4.79 Å². The minimum absolute atomic E-state index is 0.250. The van der Waals surface area contributed by atoms with Crippen LogP contribution in [0.3, 0.4) is 0 Å². The molecule has 1 aromatic carbocycles. The van der Waals surface area contributed by atoms with E-state index in [0.717, 1.165) is 13.4 Å². The molecular formula is C7H5Br3O2. The van der Waals surface area contributed by atoms with Gasteiger partial charge < -0.3 is 5.11 Å². The molecular weight excluding hydrogens is 356 g/mol. The van der Waals surface area contributed by atoms with Crippen LogP contribution in [0.1, 0.15) is 0 Å². The molecule has 0 fully saturated rings. The van der Waals surface area contributed by atoms with Crippen molar-refractivity contribution in [2.24, 2.45) is 0 Å². The first-order valence-corrected chi connectivity index (χ1v) is 5.17. The lowest BCUT2D eigenvalue weighted by molar-refractivity contribution is -0.122. The lowest BCUT2D eigenvalue weighted by Gasteiger charge is -1.92. The van der Waals surface area contributed by atoms with E-state index in [-0.39, 0.29) is 6.47 Å². The molecule has 0 aromatic heterocycles. The number of halogens is 3. The topological polar surface area (TPSA) is 37.3 Å². The Labute approximate surface area is 95.4 Å². The Morgan fingerprint density at radius 1 is 1.00 bits per heavy atom. The van der Waals surface area contributed by atoms with Crippen molar-refractivity contribution in [2.45, 2.75) is 0 Å². The van der Waals surface area contributed by atoms with Gasteiger partial charge in [0.15, 0.2) is 0 Å². The van der Waals surface area contributed by atoms with E-state index in [1.54, 1.807) is 0 Å². The number of benzene rings is 1. The first-order chi connectivity index (χ1) is 5.60. The van der Waals surface area contributed by atoms with E-state index in [9.17, 15) is 0 Å². The Bertz CT molecular complexity index is 212. The predicted octanol–water partition coefficient (Wildman–Crippen LogP) is 3.67. The molecule has 0 radical (unpaired) electrons. The summed E-state index contributed by atoms with van der Waals surface area (Å²) >= 11 is 10.1. The first kappa shape index (κ1) is 12.1. The highest BCUT2D eigenvalue weighted by molar-refractivity contribution is 9.11. The van der Waals surface area contributed by atoms with E-state index in [0.29, 0.717) is 0 Å². The summed E-state index contributed by atoms with van der Waals surface area (Å²) in [5.74, 6) is 0. The van der Waals surface area contributed by atoms with Crippen LogP contribution in [-0.4, -0.2) is 11.6 Å². The van der Waals surface area contributed by atoms with Crippen LogP contribution in [0.15, 0.2) is 31.6 Å². The molecule has 0 saturated carbocycles. The molecule has 1 rings (SSSR count). The molecule has 0 amide bonds. The molecule has 2 nitrogen and oxygen atoms in total. The molecule has 0 atom stereocenters. The molecule has 0 saturated heterocycles. The Balaban J connectivity index is 0.000000354. The summed E-state index contributed by atoms with van der Waals surface area (Å²) < 4.78 is 3.22. The van der Waals surface area contributed by atoms with E-state index in [4.69, 9.17) is 9.90 Å². The van der Waals surface area contributed by atoms with Gasteiger partial charge in [0.2, 0.25) is 0 Å². The number of rotatable bonds is 0. The third-order valence-electron chi connectivity index (χ3n) is 0.827. The van der Waals surface area contributed by atoms with Crippen molar-refractivity contribution in [1.29, 1.82) is 0 Å². The lowest BCUT2D eigenvalue weighted by atomic mass is 10.4. The molecule has 12 heavy (non-hydrogen) atoms. The van der Waals surface area contributed by atoms with Gasteiger partial charge in [-0.05, 0) is 18.2 Å². The van der Waals surface area contributed by atoms with Crippen LogP contribution in [-0.2, 0) is 4.79 Å². The summed E-state index contributed by atoms with van der Waals surface area (Å²) in [6.45, 7) is -0.250. The second-order valence-electron chi connectivity index (χ2n) is 1.69. The third kappa shape index (κ3) is 5.74. The highest BCUT2D eigenvalue weighted by atomic mass is 79.9. The smallest absolute Gasteiger partial charge is 0.290 e. The van der Waals surface area contributed by atoms with Crippen LogP contribution in [0.25, 0.3) is 0 Å². The molecule has 1 N–H and O–H groups in total. The largest absolute Gasteiger partial charge is 0.483 e. The number of hydrogen-bond acceptors (Lipinski definition) is 1. The van der Waals surface area contributed by atoms with Gasteiger partial charge in [0.05, 0.1) is 0 Å². The monoisotopic (exact) mass is 358 g/mol. The highest BCUT2D eigenvalue weighted by Crippen LogP contribution is 2.23. The van der Waals surface area contributed by atoms with Gasteiger partial charge in [-0.25, -0.2) is 0 Å². The first-order valence-electron chi connectivity index (χ1n) is 2.79. The van der Waals surface area contributed by atoms with Crippen molar-refractivity contribution in [3.8, 4) is 0 Å². The van der Waals surface area contributed by atoms with Crippen LogP contribution in [0.2, 0.25) is 0 Å². The fourth-order valence-corrected chi connectivity index (χ4v) is 2.92. The fourth-order valence-electron chi connectivity index (χ4n) is 0.520. The van der Waals surface area contributed by atoms with Gasteiger partial charge in [0.25, 0.3) is 6.47 Å². The average Bonchev–Trinajstić information content (AvgIpc) is 1.84. The highest BCUT2D eigenvalue weighted by Gasteiger charge is 1.91. The van der Waals surface area contributed by atoms with Crippen molar-refractivity contribution in [3.63, 3.8) is 0 Å². The minimum Gasteiger partial charge on any atom is -0.483 e. The summed E-state index contributed by atoms with van der Waals surface area (Å²) in [6.07, 6.45) is 0. The molecule has 0 aliphatic carbocycles. The van der Waals surface area contributed by atoms with E-state index < -0.39 is 0 Å². The van der Waals surface area contributed by atoms with Crippen molar-refractivity contribution >= 4 is 54.3 Å². The van der Waals surface area contributed by atoms with Gasteiger partial charge in [0, 0.05) is 13.4 Å².